The second-order valence-electron chi connectivity index (χ2n) is 2.45. The Morgan fingerprint density at radius 1 is 1.62 bits per heavy atom. The summed E-state index contributed by atoms with van der Waals surface area (Å²) in [4.78, 5) is 21.4. The zero-order valence-electron chi connectivity index (χ0n) is 7.41. The Balaban J connectivity index is 4.33. The van der Waals surface area contributed by atoms with Crippen LogP contribution in [-0.2, 0) is 14.3 Å². The van der Waals surface area contributed by atoms with Gasteiger partial charge in [0.15, 0.2) is 5.57 Å². The molecule has 0 radical (unpaired) electrons. The zero-order chi connectivity index (χ0) is 10.4. The number of ether oxygens (including phenoxy) is 1. The maximum Gasteiger partial charge on any atom is 0.346 e. The van der Waals surface area contributed by atoms with Crippen LogP contribution in [0, 0.1) is 0 Å². The lowest BCUT2D eigenvalue weighted by molar-refractivity contribution is -0.147. The van der Waals surface area contributed by atoms with E-state index in [0.717, 1.165) is 0 Å². The van der Waals surface area contributed by atoms with Crippen molar-refractivity contribution in [2.75, 3.05) is 0 Å². The van der Waals surface area contributed by atoms with Gasteiger partial charge < -0.3 is 9.84 Å². The maximum atomic E-state index is 11.0. The van der Waals surface area contributed by atoms with Crippen molar-refractivity contribution in [2.45, 2.75) is 26.4 Å². The Bertz CT molecular complexity index is 234. The summed E-state index contributed by atoms with van der Waals surface area (Å²) in [5.41, 5.74) is 0.148. The average molecular weight is 207 g/mol. The number of carbonyl (C=O) groups is 2. The highest BCUT2D eigenvalue weighted by molar-refractivity contribution is 6.31. The van der Waals surface area contributed by atoms with Crippen LogP contribution in [0.4, 0.5) is 0 Å². The molecule has 1 unspecified atom stereocenters. The summed E-state index contributed by atoms with van der Waals surface area (Å²) in [6.45, 7) is 3.49. The molecule has 0 rings (SSSR count). The number of aliphatic carboxylic acids is 1. The summed E-state index contributed by atoms with van der Waals surface area (Å²) >= 11 is 5.14. The SMILES string of the molecule is CCC(C)OC(=O)C(=CCl)C(=O)O. The summed E-state index contributed by atoms with van der Waals surface area (Å²) < 4.78 is 4.74. The molecule has 0 heterocycles. The Hall–Kier alpha value is -1.03. The molecular weight excluding hydrogens is 196 g/mol. The van der Waals surface area contributed by atoms with Gasteiger partial charge in [-0.3, -0.25) is 0 Å². The van der Waals surface area contributed by atoms with Gasteiger partial charge in [0.25, 0.3) is 0 Å². The van der Waals surface area contributed by atoms with E-state index in [1.54, 1.807) is 6.92 Å². The molecule has 0 saturated heterocycles. The van der Waals surface area contributed by atoms with Gasteiger partial charge in [-0.15, -0.1) is 0 Å². The molecule has 5 heteroatoms. The van der Waals surface area contributed by atoms with Crippen LogP contribution in [0.3, 0.4) is 0 Å². The Kier molecular flexibility index (Phi) is 5.14. The molecule has 0 aromatic rings. The second-order valence-corrected chi connectivity index (χ2v) is 2.67. The van der Waals surface area contributed by atoms with E-state index < -0.39 is 17.5 Å². The van der Waals surface area contributed by atoms with Crippen LogP contribution in [0.2, 0.25) is 0 Å². The normalized spacial score (nSPS) is 13.6. The Morgan fingerprint density at radius 2 is 2.15 bits per heavy atom. The van der Waals surface area contributed by atoms with Crippen LogP contribution in [0.1, 0.15) is 20.3 Å². The van der Waals surface area contributed by atoms with Gasteiger partial charge in [-0.05, 0) is 13.3 Å². The molecule has 0 amide bonds. The quantitative estimate of drug-likeness (QED) is 0.328. The molecule has 0 aromatic heterocycles. The number of carboxylic acid groups (broad SMARTS) is 1. The first-order chi connectivity index (χ1) is 6.02. The van der Waals surface area contributed by atoms with Crippen molar-refractivity contribution in [2.24, 2.45) is 0 Å². The van der Waals surface area contributed by atoms with Gasteiger partial charge in [-0.25, -0.2) is 9.59 Å². The van der Waals surface area contributed by atoms with E-state index in [1.807, 2.05) is 6.92 Å². The highest BCUT2D eigenvalue weighted by Gasteiger charge is 2.19. The third kappa shape index (κ3) is 3.94. The fourth-order valence-corrected chi connectivity index (χ4v) is 0.690. The molecule has 0 spiro atoms. The minimum Gasteiger partial charge on any atom is -0.477 e. The summed E-state index contributed by atoms with van der Waals surface area (Å²) in [5.74, 6) is -2.29. The molecule has 0 bridgehead atoms. The molecule has 0 aliphatic heterocycles. The summed E-state index contributed by atoms with van der Waals surface area (Å²) in [7, 11) is 0. The van der Waals surface area contributed by atoms with Crippen molar-refractivity contribution in [3.8, 4) is 0 Å². The van der Waals surface area contributed by atoms with Crippen molar-refractivity contribution in [1.82, 2.24) is 0 Å². The number of hydrogen-bond donors (Lipinski definition) is 1. The van der Waals surface area contributed by atoms with E-state index in [1.165, 1.54) is 0 Å². The van der Waals surface area contributed by atoms with Crippen LogP contribution < -0.4 is 0 Å². The summed E-state index contributed by atoms with van der Waals surface area (Å²) in [6, 6.07) is 0. The van der Waals surface area contributed by atoms with Gasteiger partial charge in [0, 0.05) is 5.54 Å². The number of esters is 1. The summed E-state index contributed by atoms with van der Waals surface area (Å²) in [6.07, 6.45) is 0.319. The third-order valence-electron chi connectivity index (χ3n) is 1.44. The van der Waals surface area contributed by atoms with Crippen LogP contribution in [0.25, 0.3) is 0 Å². The van der Waals surface area contributed by atoms with Crippen molar-refractivity contribution >= 4 is 23.5 Å². The Labute approximate surface area is 81.1 Å². The Morgan fingerprint density at radius 3 is 2.46 bits per heavy atom. The smallest absolute Gasteiger partial charge is 0.346 e. The van der Waals surface area contributed by atoms with Gasteiger partial charge in [0.2, 0.25) is 0 Å². The monoisotopic (exact) mass is 206 g/mol. The molecular formula is C8H11ClO4. The molecule has 1 atom stereocenters. The molecule has 0 fully saturated rings. The highest BCUT2D eigenvalue weighted by Crippen LogP contribution is 2.05. The molecule has 4 nitrogen and oxygen atoms in total. The van der Waals surface area contributed by atoms with Gasteiger partial charge in [0.1, 0.15) is 0 Å². The largest absolute Gasteiger partial charge is 0.477 e. The second kappa shape index (κ2) is 5.59. The number of hydrogen-bond acceptors (Lipinski definition) is 3. The molecule has 0 aliphatic carbocycles. The minimum atomic E-state index is -1.39. The summed E-state index contributed by atoms with van der Waals surface area (Å²) in [5, 5.41) is 8.48. The van der Waals surface area contributed by atoms with Gasteiger partial charge in [-0.2, -0.15) is 0 Å². The lowest BCUT2D eigenvalue weighted by Gasteiger charge is -2.10. The molecule has 0 saturated carbocycles. The molecule has 13 heavy (non-hydrogen) atoms. The molecule has 1 N–H and O–H groups in total. The van der Waals surface area contributed by atoms with Crippen LogP contribution in [0.5, 0.6) is 0 Å². The van der Waals surface area contributed by atoms with Crippen molar-refractivity contribution < 1.29 is 19.4 Å². The van der Waals surface area contributed by atoms with E-state index >= 15 is 0 Å². The lowest BCUT2D eigenvalue weighted by Crippen LogP contribution is -2.19. The minimum absolute atomic E-state index is 0.307. The van der Waals surface area contributed by atoms with Crippen molar-refractivity contribution in [3.63, 3.8) is 0 Å². The van der Waals surface area contributed by atoms with Crippen LogP contribution >= 0.6 is 11.6 Å². The maximum absolute atomic E-state index is 11.0. The topological polar surface area (TPSA) is 63.6 Å². The molecule has 74 valence electrons. The molecule has 0 aromatic carbocycles. The number of rotatable bonds is 4. The zero-order valence-corrected chi connectivity index (χ0v) is 8.17. The number of halogens is 1. The first-order valence-electron chi connectivity index (χ1n) is 3.77. The van der Waals surface area contributed by atoms with Gasteiger partial charge in [0.05, 0.1) is 6.10 Å². The van der Waals surface area contributed by atoms with E-state index in [9.17, 15) is 9.59 Å². The highest BCUT2D eigenvalue weighted by atomic mass is 35.5. The fourth-order valence-electron chi connectivity index (χ4n) is 0.508. The van der Waals surface area contributed by atoms with E-state index in [2.05, 4.69) is 0 Å². The van der Waals surface area contributed by atoms with E-state index in [-0.39, 0.29) is 6.10 Å². The van der Waals surface area contributed by atoms with E-state index in [0.29, 0.717) is 12.0 Å². The first-order valence-corrected chi connectivity index (χ1v) is 4.21. The predicted molar refractivity (Wildman–Crippen MR) is 47.4 cm³/mol. The van der Waals surface area contributed by atoms with Crippen molar-refractivity contribution in [1.29, 1.82) is 0 Å². The average Bonchev–Trinajstić information content (AvgIpc) is 2.04. The fraction of sp³-hybridized carbons (Fsp3) is 0.500. The van der Waals surface area contributed by atoms with E-state index in [4.69, 9.17) is 21.4 Å². The van der Waals surface area contributed by atoms with Crippen molar-refractivity contribution in [3.05, 3.63) is 11.1 Å². The number of carbonyl (C=O) groups excluding carboxylic acids is 1. The third-order valence-corrected chi connectivity index (χ3v) is 1.66. The lowest BCUT2D eigenvalue weighted by atomic mass is 10.3. The van der Waals surface area contributed by atoms with Gasteiger partial charge in [-0.1, -0.05) is 18.5 Å². The predicted octanol–water partition coefficient (Wildman–Crippen LogP) is 1.54. The number of carboxylic acids is 1. The standard InChI is InChI=1S/C8H11ClO4/c1-3-5(2)13-8(12)6(4-9)7(10)11/h4-5H,3H2,1-2H3,(H,10,11). The first kappa shape index (κ1) is 12.0. The van der Waals surface area contributed by atoms with Crippen LogP contribution in [-0.4, -0.2) is 23.1 Å². The van der Waals surface area contributed by atoms with Gasteiger partial charge >= 0.3 is 11.9 Å². The van der Waals surface area contributed by atoms with Crippen LogP contribution in [0.15, 0.2) is 11.1 Å². The molecule has 0 aliphatic rings.